The first-order chi connectivity index (χ1) is 11.0. The van der Waals surface area contributed by atoms with Gasteiger partial charge < -0.3 is 24.3 Å². The lowest BCUT2D eigenvalue weighted by atomic mass is 9.92. The number of rotatable bonds is 12. The van der Waals surface area contributed by atoms with Gasteiger partial charge in [-0.05, 0) is 24.9 Å². The molecule has 3 N–H and O–H groups in total. The van der Waals surface area contributed by atoms with Gasteiger partial charge in [0.15, 0.2) is 0 Å². The van der Waals surface area contributed by atoms with Gasteiger partial charge in [-0.2, -0.15) is 0 Å². The molecule has 23 heavy (non-hydrogen) atoms. The normalized spacial score (nSPS) is 14.4. The van der Waals surface area contributed by atoms with Crippen molar-refractivity contribution < 1.29 is 13.3 Å². The number of hydrogen-bond donors (Lipinski definition) is 2. The van der Waals surface area contributed by atoms with Gasteiger partial charge in [0.1, 0.15) is 0 Å². The molecule has 1 unspecified atom stereocenters. The molecule has 0 heterocycles. The maximum Gasteiger partial charge on any atom is 0.500 e. The van der Waals surface area contributed by atoms with Gasteiger partial charge in [-0.25, -0.2) is 0 Å². The molecule has 0 spiro atoms. The Labute approximate surface area is 141 Å². The Morgan fingerprint density at radius 3 is 2.30 bits per heavy atom. The smallest absolute Gasteiger partial charge is 0.377 e. The third-order valence-corrected chi connectivity index (χ3v) is 6.84. The van der Waals surface area contributed by atoms with Crippen LogP contribution in [0.4, 0.5) is 0 Å². The Morgan fingerprint density at radius 2 is 1.78 bits per heavy atom. The summed E-state index contributed by atoms with van der Waals surface area (Å²) in [6, 6.07) is 11.0. The molecule has 0 aromatic heterocycles. The van der Waals surface area contributed by atoms with Crippen molar-refractivity contribution in [3.05, 3.63) is 48.6 Å². The highest BCUT2D eigenvalue weighted by molar-refractivity contribution is 6.60. The van der Waals surface area contributed by atoms with Crippen molar-refractivity contribution in [1.82, 2.24) is 5.32 Å². The number of benzene rings is 1. The van der Waals surface area contributed by atoms with Crippen molar-refractivity contribution in [2.45, 2.75) is 24.4 Å². The quantitative estimate of drug-likeness (QED) is 0.346. The molecule has 0 aliphatic carbocycles. The number of hydrogen-bond acceptors (Lipinski definition) is 5. The van der Waals surface area contributed by atoms with Crippen molar-refractivity contribution in [2.24, 2.45) is 5.73 Å². The SMILES string of the molecule is C=CC(N)(CNCCC[Si](OC)(OC)OC)Cc1ccccc1. The molecule has 1 rings (SSSR count). The fourth-order valence-electron chi connectivity index (χ4n) is 2.49. The molecular formula is C17H30N2O3Si. The van der Waals surface area contributed by atoms with Crippen LogP contribution in [0, 0.1) is 0 Å². The Kier molecular flexibility index (Phi) is 8.68. The predicted octanol–water partition coefficient (Wildman–Crippen LogP) is 1.97. The molecule has 0 saturated carbocycles. The Morgan fingerprint density at radius 1 is 1.17 bits per heavy atom. The van der Waals surface area contributed by atoms with E-state index in [-0.39, 0.29) is 0 Å². The van der Waals surface area contributed by atoms with Crippen LogP contribution in [0.3, 0.4) is 0 Å². The minimum absolute atomic E-state index is 0.459. The molecule has 0 saturated heterocycles. The van der Waals surface area contributed by atoms with E-state index in [1.807, 2.05) is 24.3 Å². The van der Waals surface area contributed by atoms with Gasteiger partial charge in [0, 0.05) is 33.9 Å². The highest BCUT2D eigenvalue weighted by Crippen LogP contribution is 2.15. The van der Waals surface area contributed by atoms with Crippen LogP contribution >= 0.6 is 0 Å². The average Bonchev–Trinajstić information content (AvgIpc) is 2.59. The minimum atomic E-state index is -2.47. The van der Waals surface area contributed by atoms with Gasteiger partial charge in [-0.15, -0.1) is 6.58 Å². The van der Waals surface area contributed by atoms with Gasteiger partial charge in [0.05, 0.1) is 5.54 Å². The minimum Gasteiger partial charge on any atom is -0.377 e. The monoisotopic (exact) mass is 338 g/mol. The summed E-state index contributed by atoms with van der Waals surface area (Å²) >= 11 is 0. The molecule has 1 aromatic rings. The first-order valence-electron chi connectivity index (χ1n) is 7.85. The third-order valence-electron chi connectivity index (χ3n) is 4.01. The van der Waals surface area contributed by atoms with Crippen molar-refractivity contribution in [3.8, 4) is 0 Å². The average molecular weight is 339 g/mol. The second-order valence-corrected chi connectivity index (χ2v) is 8.77. The lowest BCUT2D eigenvalue weighted by Crippen LogP contribution is -2.49. The van der Waals surface area contributed by atoms with E-state index in [0.717, 1.165) is 25.4 Å². The molecule has 1 atom stereocenters. The summed E-state index contributed by atoms with van der Waals surface area (Å²) in [6.07, 6.45) is 3.49. The van der Waals surface area contributed by atoms with Gasteiger partial charge in [-0.3, -0.25) is 0 Å². The molecular weight excluding hydrogens is 308 g/mol. The van der Waals surface area contributed by atoms with Gasteiger partial charge in [0.25, 0.3) is 0 Å². The van der Waals surface area contributed by atoms with Crippen molar-refractivity contribution in [1.29, 1.82) is 0 Å². The lowest BCUT2D eigenvalue weighted by molar-refractivity contribution is 0.123. The second kappa shape index (κ2) is 9.97. The fourth-order valence-corrected chi connectivity index (χ4v) is 4.21. The van der Waals surface area contributed by atoms with Crippen LogP contribution in [0.25, 0.3) is 0 Å². The van der Waals surface area contributed by atoms with E-state index in [0.29, 0.717) is 6.54 Å². The van der Waals surface area contributed by atoms with E-state index in [1.165, 1.54) is 5.56 Å². The van der Waals surface area contributed by atoms with E-state index in [1.54, 1.807) is 21.3 Å². The summed E-state index contributed by atoms with van der Waals surface area (Å²) in [5, 5.41) is 3.40. The van der Waals surface area contributed by atoms with Crippen LogP contribution in [0.15, 0.2) is 43.0 Å². The Bertz CT molecular complexity index is 446. The third kappa shape index (κ3) is 6.54. The highest BCUT2D eigenvalue weighted by atomic mass is 28.4. The van der Waals surface area contributed by atoms with Crippen LogP contribution in [-0.4, -0.2) is 48.8 Å². The summed E-state index contributed by atoms with van der Waals surface area (Å²) < 4.78 is 16.2. The van der Waals surface area contributed by atoms with E-state index in [9.17, 15) is 0 Å². The molecule has 0 amide bonds. The molecule has 0 fully saturated rings. The molecule has 130 valence electrons. The Hall–Kier alpha value is -1.02. The molecule has 0 aliphatic rings. The summed E-state index contributed by atoms with van der Waals surface area (Å²) in [7, 11) is 2.43. The lowest BCUT2D eigenvalue weighted by Gasteiger charge is -2.27. The second-order valence-electron chi connectivity index (χ2n) is 5.68. The number of nitrogens with one attached hydrogen (secondary N) is 1. The molecule has 0 aliphatic heterocycles. The molecule has 0 bridgehead atoms. The van der Waals surface area contributed by atoms with Crippen molar-refractivity contribution in [3.63, 3.8) is 0 Å². The zero-order valence-corrected chi connectivity index (χ0v) is 15.5. The summed E-state index contributed by atoms with van der Waals surface area (Å²) in [4.78, 5) is 0. The standard InChI is InChI=1S/C17H30N2O3Si/c1-5-17(18,14-16-10-7-6-8-11-16)15-19-12-9-13-23(20-2,21-3)22-4/h5-8,10-11,19H,1,9,12-15,18H2,2-4H3. The van der Waals surface area contributed by atoms with E-state index >= 15 is 0 Å². The van der Waals surface area contributed by atoms with Gasteiger partial charge >= 0.3 is 8.80 Å². The summed E-state index contributed by atoms with van der Waals surface area (Å²) in [6.45, 7) is 5.39. The van der Waals surface area contributed by atoms with Crippen LogP contribution < -0.4 is 11.1 Å². The van der Waals surface area contributed by atoms with Crippen molar-refractivity contribution >= 4 is 8.80 Å². The van der Waals surface area contributed by atoms with Crippen LogP contribution in [0.2, 0.25) is 6.04 Å². The van der Waals surface area contributed by atoms with Crippen LogP contribution in [-0.2, 0) is 19.7 Å². The summed E-state index contributed by atoms with van der Waals surface area (Å²) in [5.41, 5.74) is 7.18. The maximum atomic E-state index is 6.43. The maximum absolute atomic E-state index is 6.43. The van der Waals surface area contributed by atoms with Crippen LogP contribution in [0.1, 0.15) is 12.0 Å². The Balaban J connectivity index is 2.39. The molecule has 0 radical (unpaired) electrons. The molecule has 1 aromatic carbocycles. The molecule has 5 nitrogen and oxygen atoms in total. The zero-order valence-electron chi connectivity index (χ0n) is 14.5. The van der Waals surface area contributed by atoms with Gasteiger partial charge in [0.2, 0.25) is 0 Å². The van der Waals surface area contributed by atoms with E-state index < -0.39 is 14.3 Å². The van der Waals surface area contributed by atoms with E-state index in [4.69, 9.17) is 19.0 Å². The first kappa shape index (κ1) is 20.0. The topological polar surface area (TPSA) is 65.7 Å². The zero-order chi connectivity index (χ0) is 17.2. The van der Waals surface area contributed by atoms with Crippen LogP contribution in [0.5, 0.6) is 0 Å². The largest absolute Gasteiger partial charge is 0.500 e. The van der Waals surface area contributed by atoms with Gasteiger partial charge in [-0.1, -0.05) is 36.4 Å². The van der Waals surface area contributed by atoms with E-state index in [2.05, 4.69) is 24.0 Å². The predicted molar refractivity (Wildman–Crippen MR) is 96.3 cm³/mol. The number of nitrogens with two attached hydrogens (primary N) is 1. The van der Waals surface area contributed by atoms with Crippen molar-refractivity contribution in [2.75, 3.05) is 34.4 Å². The molecule has 6 heteroatoms. The first-order valence-corrected chi connectivity index (χ1v) is 9.79. The fraction of sp³-hybridized carbons (Fsp3) is 0.529. The summed E-state index contributed by atoms with van der Waals surface area (Å²) in [5.74, 6) is 0. The highest BCUT2D eigenvalue weighted by Gasteiger charge is 2.36.